The highest BCUT2D eigenvalue weighted by Crippen LogP contribution is 2.32. The minimum atomic E-state index is -0.184. The van der Waals surface area contributed by atoms with E-state index in [4.69, 9.17) is 0 Å². The Morgan fingerprint density at radius 3 is 1.84 bits per heavy atom. The Kier molecular flexibility index (Phi) is 8.36. The van der Waals surface area contributed by atoms with Crippen LogP contribution in [0, 0.1) is 5.41 Å². The van der Waals surface area contributed by atoms with Crippen LogP contribution in [0.1, 0.15) is 92.9 Å². The van der Waals surface area contributed by atoms with Crippen LogP contribution < -0.4 is 5.32 Å². The third kappa shape index (κ3) is 8.28. The summed E-state index contributed by atoms with van der Waals surface area (Å²) in [5, 5.41) is 3.17. The van der Waals surface area contributed by atoms with Crippen LogP contribution >= 0.6 is 0 Å². The monoisotopic (exact) mass is 269 g/mol. The zero-order valence-electron chi connectivity index (χ0n) is 14.1. The molecule has 0 aliphatic carbocycles. The molecule has 2 nitrogen and oxygen atoms in total. The molecule has 0 heterocycles. The molecule has 0 fully saturated rings. The highest BCUT2D eigenvalue weighted by atomic mass is 16.2. The summed E-state index contributed by atoms with van der Waals surface area (Å²) in [6, 6.07) is 0. The van der Waals surface area contributed by atoms with Crippen LogP contribution in [0.5, 0.6) is 0 Å². The second-order valence-electron chi connectivity index (χ2n) is 7.18. The lowest BCUT2D eigenvalue weighted by Crippen LogP contribution is -2.48. The molecule has 1 unspecified atom stereocenters. The van der Waals surface area contributed by atoms with E-state index >= 15 is 0 Å². The van der Waals surface area contributed by atoms with Gasteiger partial charge in [-0.1, -0.05) is 59.3 Å². The summed E-state index contributed by atoms with van der Waals surface area (Å²) in [7, 11) is 0. The van der Waals surface area contributed by atoms with Crippen molar-refractivity contribution in [3.8, 4) is 0 Å². The molecule has 1 amide bonds. The minimum Gasteiger partial charge on any atom is -0.351 e. The van der Waals surface area contributed by atoms with Crippen molar-refractivity contribution >= 4 is 5.91 Å². The summed E-state index contributed by atoms with van der Waals surface area (Å²) < 4.78 is 0. The van der Waals surface area contributed by atoms with Gasteiger partial charge in [0, 0.05) is 11.0 Å². The maximum atomic E-state index is 12.5. The smallest absolute Gasteiger partial charge is 0.226 e. The molecule has 1 N–H and O–H groups in total. The predicted molar refractivity (Wildman–Crippen MR) is 84.3 cm³/mol. The molecular formula is C17H35NO. The van der Waals surface area contributed by atoms with Gasteiger partial charge in [0.2, 0.25) is 5.91 Å². The van der Waals surface area contributed by atoms with Crippen LogP contribution in [-0.2, 0) is 4.79 Å². The summed E-state index contributed by atoms with van der Waals surface area (Å²) in [6.45, 7) is 12.7. The number of carbonyl (C=O) groups excluding carboxylic acids is 1. The zero-order chi connectivity index (χ0) is 14.9. The van der Waals surface area contributed by atoms with Gasteiger partial charge in [0.1, 0.15) is 0 Å². The van der Waals surface area contributed by atoms with Crippen molar-refractivity contribution in [3.63, 3.8) is 0 Å². The van der Waals surface area contributed by atoms with Gasteiger partial charge >= 0.3 is 0 Å². The SMILES string of the molecule is CCCCCCC(C)(CCCC)C(=O)NC(C)(C)C. The summed E-state index contributed by atoms with van der Waals surface area (Å²) in [4.78, 5) is 12.5. The Bertz CT molecular complexity index is 254. The summed E-state index contributed by atoms with van der Waals surface area (Å²) in [5.41, 5.74) is -0.314. The summed E-state index contributed by atoms with van der Waals surface area (Å²) in [5.74, 6) is 0.241. The quantitative estimate of drug-likeness (QED) is 0.582. The van der Waals surface area contributed by atoms with Gasteiger partial charge in [0.05, 0.1) is 0 Å². The Morgan fingerprint density at radius 2 is 1.37 bits per heavy atom. The Hall–Kier alpha value is -0.530. The maximum Gasteiger partial charge on any atom is 0.226 e. The number of amides is 1. The van der Waals surface area contributed by atoms with E-state index in [2.05, 4.69) is 46.9 Å². The fourth-order valence-corrected chi connectivity index (χ4v) is 2.35. The third-order valence-corrected chi connectivity index (χ3v) is 3.70. The minimum absolute atomic E-state index is 0.131. The van der Waals surface area contributed by atoms with Gasteiger partial charge in [-0.2, -0.15) is 0 Å². The van der Waals surface area contributed by atoms with Gasteiger partial charge in [-0.15, -0.1) is 0 Å². The first-order valence-corrected chi connectivity index (χ1v) is 8.08. The number of rotatable bonds is 9. The van der Waals surface area contributed by atoms with E-state index in [1.165, 1.54) is 25.7 Å². The van der Waals surface area contributed by atoms with E-state index in [9.17, 15) is 4.79 Å². The van der Waals surface area contributed by atoms with E-state index in [1.54, 1.807) is 0 Å². The normalized spacial score (nSPS) is 15.1. The number of nitrogens with one attached hydrogen (secondary N) is 1. The van der Waals surface area contributed by atoms with Crippen molar-refractivity contribution in [3.05, 3.63) is 0 Å². The Morgan fingerprint density at radius 1 is 0.842 bits per heavy atom. The lowest BCUT2D eigenvalue weighted by molar-refractivity contribution is -0.132. The molecule has 0 aromatic carbocycles. The largest absolute Gasteiger partial charge is 0.351 e. The van der Waals surface area contributed by atoms with Gasteiger partial charge in [-0.05, 0) is 33.6 Å². The first-order valence-electron chi connectivity index (χ1n) is 8.08. The molecule has 0 aromatic heterocycles. The predicted octanol–water partition coefficient (Wildman–Crippen LogP) is 5.07. The average Bonchev–Trinajstić information content (AvgIpc) is 2.30. The van der Waals surface area contributed by atoms with Crippen molar-refractivity contribution in [2.75, 3.05) is 0 Å². The molecule has 19 heavy (non-hydrogen) atoms. The van der Waals surface area contributed by atoms with Crippen molar-refractivity contribution in [1.29, 1.82) is 0 Å². The topological polar surface area (TPSA) is 29.1 Å². The molecule has 0 saturated carbocycles. The first-order chi connectivity index (χ1) is 8.75. The molecule has 114 valence electrons. The van der Waals surface area contributed by atoms with Gasteiger partial charge in [-0.25, -0.2) is 0 Å². The number of hydrogen-bond donors (Lipinski definition) is 1. The lowest BCUT2D eigenvalue weighted by atomic mass is 9.78. The molecular weight excluding hydrogens is 234 g/mol. The number of unbranched alkanes of at least 4 members (excludes halogenated alkanes) is 4. The highest BCUT2D eigenvalue weighted by molar-refractivity contribution is 5.82. The van der Waals surface area contributed by atoms with Crippen LogP contribution in [0.15, 0.2) is 0 Å². The van der Waals surface area contributed by atoms with E-state index < -0.39 is 0 Å². The van der Waals surface area contributed by atoms with E-state index in [0.29, 0.717) is 0 Å². The van der Waals surface area contributed by atoms with Crippen molar-refractivity contribution in [2.45, 2.75) is 98.4 Å². The van der Waals surface area contributed by atoms with Crippen LogP contribution in [0.25, 0.3) is 0 Å². The molecule has 0 aromatic rings. The summed E-state index contributed by atoms with van der Waals surface area (Å²) in [6.07, 6.45) is 9.29. The lowest BCUT2D eigenvalue weighted by Gasteiger charge is -2.32. The second-order valence-corrected chi connectivity index (χ2v) is 7.18. The van der Waals surface area contributed by atoms with Crippen molar-refractivity contribution in [2.24, 2.45) is 5.41 Å². The summed E-state index contributed by atoms with van der Waals surface area (Å²) >= 11 is 0. The fraction of sp³-hybridized carbons (Fsp3) is 0.941. The number of carbonyl (C=O) groups is 1. The van der Waals surface area contributed by atoms with Crippen LogP contribution in [-0.4, -0.2) is 11.4 Å². The molecule has 0 saturated heterocycles. The molecule has 1 atom stereocenters. The number of hydrogen-bond acceptors (Lipinski definition) is 1. The molecule has 0 bridgehead atoms. The zero-order valence-corrected chi connectivity index (χ0v) is 14.1. The van der Waals surface area contributed by atoms with Gasteiger partial charge in [0.25, 0.3) is 0 Å². The first kappa shape index (κ1) is 18.5. The Labute approximate surface area is 120 Å². The Balaban J connectivity index is 4.52. The van der Waals surface area contributed by atoms with E-state index in [0.717, 1.165) is 25.7 Å². The molecule has 0 spiro atoms. The van der Waals surface area contributed by atoms with Crippen LogP contribution in [0.3, 0.4) is 0 Å². The molecule has 0 rings (SSSR count). The van der Waals surface area contributed by atoms with E-state index in [1.807, 2.05) is 0 Å². The van der Waals surface area contributed by atoms with Gasteiger partial charge in [0.15, 0.2) is 0 Å². The van der Waals surface area contributed by atoms with Gasteiger partial charge in [-0.3, -0.25) is 4.79 Å². The standard InChI is InChI=1S/C17H35NO/c1-7-9-11-12-14-17(6,13-10-8-2)15(19)18-16(3,4)5/h7-14H2,1-6H3,(H,18,19). The van der Waals surface area contributed by atoms with E-state index in [-0.39, 0.29) is 16.9 Å². The van der Waals surface area contributed by atoms with Crippen LogP contribution in [0.2, 0.25) is 0 Å². The second kappa shape index (κ2) is 8.60. The molecule has 0 radical (unpaired) electrons. The van der Waals surface area contributed by atoms with Crippen LogP contribution in [0.4, 0.5) is 0 Å². The van der Waals surface area contributed by atoms with Gasteiger partial charge < -0.3 is 5.32 Å². The maximum absolute atomic E-state index is 12.5. The molecule has 0 aliphatic heterocycles. The fourth-order valence-electron chi connectivity index (χ4n) is 2.35. The highest BCUT2D eigenvalue weighted by Gasteiger charge is 2.33. The van der Waals surface area contributed by atoms with Crippen molar-refractivity contribution < 1.29 is 4.79 Å². The third-order valence-electron chi connectivity index (χ3n) is 3.70. The average molecular weight is 269 g/mol. The molecule has 0 aliphatic rings. The van der Waals surface area contributed by atoms with Crippen molar-refractivity contribution in [1.82, 2.24) is 5.32 Å². The molecule has 2 heteroatoms.